The molecule has 5 rings (SSSR count). The highest BCUT2D eigenvalue weighted by Crippen LogP contribution is 2.42. The third-order valence-electron chi connectivity index (χ3n) is 5.65. The van der Waals surface area contributed by atoms with Crippen LogP contribution in [0.3, 0.4) is 0 Å². The van der Waals surface area contributed by atoms with Crippen molar-refractivity contribution in [3.05, 3.63) is 95.9 Å². The minimum Gasteiger partial charge on any atom is -0.508 e. The number of thioether (sulfide) groups is 1. The summed E-state index contributed by atoms with van der Waals surface area (Å²) in [6.07, 6.45) is 3.81. The van der Waals surface area contributed by atoms with Crippen LogP contribution in [0, 0.1) is 11.8 Å². The Hall–Kier alpha value is -3.72. The second-order valence-electron chi connectivity index (χ2n) is 7.89. The second kappa shape index (κ2) is 9.26. The first-order chi connectivity index (χ1) is 16.5. The molecule has 4 aromatic rings. The van der Waals surface area contributed by atoms with Gasteiger partial charge in [0.15, 0.2) is 0 Å². The van der Waals surface area contributed by atoms with Crippen LogP contribution in [0.15, 0.2) is 73.1 Å². The molecule has 9 heteroatoms. The predicted molar refractivity (Wildman–Crippen MR) is 125 cm³/mol. The summed E-state index contributed by atoms with van der Waals surface area (Å²) in [5.74, 6) is -0.456. The number of hydrogen-bond acceptors (Lipinski definition) is 5. The van der Waals surface area contributed by atoms with Crippen molar-refractivity contribution >= 4 is 17.7 Å². The van der Waals surface area contributed by atoms with Crippen LogP contribution in [0.1, 0.15) is 16.5 Å². The number of carbonyl (C=O) groups is 1. The fraction of sp³-hybridized carbons (Fsp3) is 0.160. The number of amides is 1. The van der Waals surface area contributed by atoms with Crippen molar-refractivity contribution in [1.29, 1.82) is 0 Å². The highest BCUT2D eigenvalue weighted by Gasteiger charge is 2.35. The number of nitrogens with zero attached hydrogens (tertiary/aromatic N) is 4. The summed E-state index contributed by atoms with van der Waals surface area (Å²) in [7, 11) is 0. The molecule has 1 amide bonds. The molecule has 0 saturated carbocycles. The van der Waals surface area contributed by atoms with Gasteiger partial charge in [0.25, 0.3) is 0 Å². The SMILES string of the molecule is O=C1CSC(c2cn(-c3ccc(F)cc3)nc2-c2ccnc(F)c2)N1CCc1ccc(O)cc1. The maximum atomic E-state index is 13.9. The van der Waals surface area contributed by atoms with Gasteiger partial charge in [-0.3, -0.25) is 4.79 Å². The zero-order chi connectivity index (χ0) is 23.7. The number of halogens is 2. The molecule has 1 saturated heterocycles. The Bertz CT molecular complexity index is 1330. The van der Waals surface area contributed by atoms with E-state index in [1.807, 2.05) is 18.3 Å². The molecule has 1 N–H and O–H groups in total. The fourth-order valence-electron chi connectivity index (χ4n) is 3.93. The Morgan fingerprint density at radius 2 is 1.82 bits per heavy atom. The van der Waals surface area contributed by atoms with Gasteiger partial charge < -0.3 is 10.0 Å². The van der Waals surface area contributed by atoms with E-state index >= 15 is 0 Å². The van der Waals surface area contributed by atoms with Crippen LogP contribution >= 0.6 is 11.8 Å². The monoisotopic (exact) mass is 478 g/mol. The average molecular weight is 479 g/mol. The molecule has 1 fully saturated rings. The lowest BCUT2D eigenvalue weighted by molar-refractivity contribution is -0.128. The molecule has 0 bridgehead atoms. The highest BCUT2D eigenvalue weighted by atomic mass is 32.2. The van der Waals surface area contributed by atoms with Gasteiger partial charge in [0.2, 0.25) is 11.9 Å². The molecule has 1 aliphatic rings. The Morgan fingerprint density at radius 3 is 2.56 bits per heavy atom. The van der Waals surface area contributed by atoms with Gasteiger partial charge >= 0.3 is 0 Å². The molecular formula is C25H20F2N4O2S. The van der Waals surface area contributed by atoms with E-state index in [0.717, 1.165) is 11.1 Å². The van der Waals surface area contributed by atoms with Gasteiger partial charge in [-0.15, -0.1) is 11.8 Å². The van der Waals surface area contributed by atoms with Crippen LogP contribution in [0.25, 0.3) is 16.9 Å². The van der Waals surface area contributed by atoms with E-state index in [-0.39, 0.29) is 22.8 Å². The summed E-state index contributed by atoms with van der Waals surface area (Å²) in [6.45, 7) is 0.479. The molecule has 2 aromatic carbocycles. The Balaban J connectivity index is 1.51. The summed E-state index contributed by atoms with van der Waals surface area (Å²) >= 11 is 1.49. The van der Waals surface area contributed by atoms with E-state index < -0.39 is 5.95 Å². The number of hydrogen-bond donors (Lipinski definition) is 1. The molecular weight excluding hydrogens is 458 g/mol. The number of rotatable bonds is 6. The van der Waals surface area contributed by atoms with Gasteiger partial charge in [0.1, 0.15) is 16.9 Å². The van der Waals surface area contributed by atoms with E-state index in [0.29, 0.717) is 35.7 Å². The molecule has 34 heavy (non-hydrogen) atoms. The molecule has 172 valence electrons. The quantitative estimate of drug-likeness (QED) is 0.406. The van der Waals surface area contributed by atoms with Crippen LogP contribution in [-0.2, 0) is 11.2 Å². The van der Waals surface area contributed by atoms with Gasteiger partial charge in [0, 0.05) is 36.1 Å². The molecule has 1 atom stereocenters. The van der Waals surface area contributed by atoms with Crippen LogP contribution in [0.4, 0.5) is 8.78 Å². The van der Waals surface area contributed by atoms with Crippen LogP contribution < -0.4 is 0 Å². The lowest BCUT2D eigenvalue weighted by Crippen LogP contribution is -2.30. The number of aromatic hydroxyl groups is 1. The number of carbonyl (C=O) groups excluding carboxylic acids is 1. The molecule has 0 spiro atoms. The largest absolute Gasteiger partial charge is 0.508 e. The molecule has 2 aromatic heterocycles. The topological polar surface area (TPSA) is 71.2 Å². The van der Waals surface area contributed by atoms with E-state index in [2.05, 4.69) is 10.1 Å². The first-order valence-electron chi connectivity index (χ1n) is 10.6. The zero-order valence-corrected chi connectivity index (χ0v) is 18.8. The Kier molecular flexibility index (Phi) is 6.02. The summed E-state index contributed by atoms with van der Waals surface area (Å²) in [5.41, 5.74) is 3.49. The van der Waals surface area contributed by atoms with Crippen molar-refractivity contribution in [3.8, 4) is 22.7 Å². The van der Waals surface area contributed by atoms with Crippen molar-refractivity contribution in [2.45, 2.75) is 11.8 Å². The third-order valence-corrected chi connectivity index (χ3v) is 6.88. The van der Waals surface area contributed by atoms with Crippen LogP contribution in [-0.4, -0.2) is 43.0 Å². The van der Waals surface area contributed by atoms with Crippen molar-refractivity contribution in [2.24, 2.45) is 0 Å². The predicted octanol–water partition coefficient (Wildman–Crippen LogP) is 4.73. The smallest absolute Gasteiger partial charge is 0.233 e. The van der Waals surface area contributed by atoms with Gasteiger partial charge in [-0.2, -0.15) is 9.49 Å². The molecule has 1 aliphatic heterocycles. The maximum Gasteiger partial charge on any atom is 0.233 e. The first-order valence-corrected chi connectivity index (χ1v) is 11.7. The number of phenols is 1. The van der Waals surface area contributed by atoms with Gasteiger partial charge in [0.05, 0.1) is 17.1 Å². The van der Waals surface area contributed by atoms with Gasteiger partial charge in [-0.1, -0.05) is 12.1 Å². The lowest BCUT2D eigenvalue weighted by atomic mass is 10.1. The number of phenolic OH excluding ortho intramolecular Hbond substituents is 1. The second-order valence-corrected chi connectivity index (χ2v) is 8.96. The van der Waals surface area contributed by atoms with Crippen LogP contribution in [0.5, 0.6) is 5.75 Å². The summed E-state index contributed by atoms with van der Waals surface area (Å²) < 4.78 is 29.0. The van der Waals surface area contributed by atoms with E-state index in [1.165, 1.54) is 36.2 Å². The first kappa shape index (κ1) is 22.1. The average Bonchev–Trinajstić information content (AvgIpc) is 3.43. The third kappa shape index (κ3) is 4.51. The molecule has 6 nitrogen and oxygen atoms in total. The fourth-order valence-corrected chi connectivity index (χ4v) is 5.16. The number of aromatic nitrogens is 3. The zero-order valence-electron chi connectivity index (χ0n) is 17.9. The molecule has 1 unspecified atom stereocenters. The summed E-state index contributed by atoms with van der Waals surface area (Å²) in [4.78, 5) is 18.2. The highest BCUT2D eigenvalue weighted by molar-refractivity contribution is 8.00. The number of benzene rings is 2. The van der Waals surface area contributed by atoms with Crippen molar-refractivity contribution in [3.63, 3.8) is 0 Å². The van der Waals surface area contributed by atoms with Gasteiger partial charge in [-0.25, -0.2) is 14.1 Å². The summed E-state index contributed by atoms with van der Waals surface area (Å²) in [6, 6.07) is 15.8. The van der Waals surface area contributed by atoms with E-state index in [9.17, 15) is 18.7 Å². The standard InChI is InChI=1S/C25H20F2N4O2S/c26-18-3-5-19(6-4-18)31-14-21(24(29-31)17-9-11-28-22(27)13-17)25-30(23(33)15-34-25)12-10-16-1-7-20(32)8-2-16/h1-9,11,13-14,25,32H,10,12,15H2. The minimum absolute atomic E-state index is 0.00942. The molecule has 3 heterocycles. The van der Waals surface area contributed by atoms with Crippen LogP contribution in [0.2, 0.25) is 0 Å². The Morgan fingerprint density at radius 1 is 1.06 bits per heavy atom. The van der Waals surface area contributed by atoms with Crippen molar-refractivity contribution in [1.82, 2.24) is 19.7 Å². The molecule has 0 aliphatic carbocycles. The molecule has 0 radical (unpaired) electrons. The maximum absolute atomic E-state index is 13.9. The van der Waals surface area contributed by atoms with Gasteiger partial charge in [-0.05, 0) is 54.4 Å². The van der Waals surface area contributed by atoms with E-state index in [1.54, 1.807) is 39.9 Å². The van der Waals surface area contributed by atoms with Crippen molar-refractivity contribution in [2.75, 3.05) is 12.3 Å². The summed E-state index contributed by atoms with van der Waals surface area (Å²) in [5, 5.41) is 13.9. The van der Waals surface area contributed by atoms with Crippen molar-refractivity contribution < 1.29 is 18.7 Å². The lowest BCUT2D eigenvalue weighted by Gasteiger charge is -2.24. The minimum atomic E-state index is -0.626. The normalized spacial score (nSPS) is 15.8. The van der Waals surface area contributed by atoms with E-state index in [4.69, 9.17) is 0 Å². The Labute approximate surface area is 198 Å². The number of pyridine rings is 1.